The molecular formula is C17H19N5O3S. The van der Waals surface area contributed by atoms with Crippen LogP contribution in [0.4, 0.5) is 0 Å². The van der Waals surface area contributed by atoms with Crippen molar-refractivity contribution < 1.29 is 4.79 Å². The molecule has 1 atom stereocenters. The van der Waals surface area contributed by atoms with Gasteiger partial charge in [-0.1, -0.05) is 6.07 Å². The van der Waals surface area contributed by atoms with Gasteiger partial charge in [0.1, 0.15) is 6.54 Å². The number of amides is 1. The third-order valence-corrected chi connectivity index (χ3v) is 5.91. The molecule has 3 aromatic heterocycles. The molecule has 4 rings (SSSR count). The maximum Gasteiger partial charge on any atom is 0.332 e. The molecule has 1 amide bonds. The second-order valence-electron chi connectivity index (χ2n) is 6.52. The fourth-order valence-corrected chi connectivity index (χ4v) is 4.48. The molecule has 0 spiro atoms. The van der Waals surface area contributed by atoms with Crippen molar-refractivity contribution in [3.05, 3.63) is 49.6 Å². The Hall–Kier alpha value is -2.68. The minimum absolute atomic E-state index is 0.0301. The van der Waals surface area contributed by atoms with Crippen LogP contribution < -0.4 is 11.2 Å². The first-order valence-corrected chi connectivity index (χ1v) is 9.30. The van der Waals surface area contributed by atoms with Crippen LogP contribution in [0.2, 0.25) is 0 Å². The minimum Gasteiger partial charge on any atom is -0.333 e. The van der Waals surface area contributed by atoms with E-state index in [9.17, 15) is 14.4 Å². The predicted octanol–water partition coefficient (Wildman–Crippen LogP) is 0.859. The van der Waals surface area contributed by atoms with Crippen molar-refractivity contribution in [2.75, 3.05) is 6.54 Å². The summed E-state index contributed by atoms with van der Waals surface area (Å²) in [4.78, 5) is 45.3. The van der Waals surface area contributed by atoms with E-state index in [4.69, 9.17) is 0 Å². The standard InChI is InChI=1S/C17H19N5O3S/c1-19-10-18-15-14(19)16(24)22(17(25)20(15)2)9-13(23)21-7-3-5-11(21)12-6-4-8-26-12/h4,6,8,10-11H,3,5,7,9H2,1-2H3/t11-/m0/s1. The monoisotopic (exact) mass is 373 g/mol. The van der Waals surface area contributed by atoms with E-state index in [0.29, 0.717) is 17.7 Å². The lowest BCUT2D eigenvalue weighted by molar-refractivity contribution is -0.132. The number of imidazole rings is 1. The van der Waals surface area contributed by atoms with Crippen LogP contribution in [0.1, 0.15) is 23.8 Å². The van der Waals surface area contributed by atoms with Gasteiger partial charge in [0.15, 0.2) is 11.2 Å². The summed E-state index contributed by atoms with van der Waals surface area (Å²) in [6.45, 7) is 0.388. The van der Waals surface area contributed by atoms with Crippen LogP contribution in [0.5, 0.6) is 0 Å². The molecule has 9 heteroatoms. The van der Waals surface area contributed by atoms with E-state index < -0.39 is 11.2 Å². The summed E-state index contributed by atoms with van der Waals surface area (Å²) in [5.41, 5.74) is -0.371. The summed E-state index contributed by atoms with van der Waals surface area (Å²) in [5, 5.41) is 1.99. The molecular weight excluding hydrogens is 354 g/mol. The quantitative estimate of drug-likeness (QED) is 0.682. The van der Waals surface area contributed by atoms with Crippen molar-refractivity contribution >= 4 is 28.4 Å². The van der Waals surface area contributed by atoms with Gasteiger partial charge in [-0.3, -0.25) is 14.2 Å². The highest BCUT2D eigenvalue weighted by molar-refractivity contribution is 7.10. The highest BCUT2D eigenvalue weighted by Crippen LogP contribution is 2.34. The summed E-state index contributed by atoms with van der Waals surface area (Å²) < 4.78 is 3.89. The Morgan fingerprint density at radius 1 is 1.35 bits per heavy atom. The van der Waals surface area contributed by atoms with Crippen molar-refractivity contribution in [1.82, 2.24) is 23.6 Å². The number of hydrogen-bond acceptors (Lipinski definition) is 5. The average Bonchev–Trinajstić information content (AvgIpc) is 3.35. The largest absolute Gasteiger partial charge is 0.333 e. The Morgan fingerprint density at radius 3 is 2.88 bits per heavy atom. The lowest BCUT2D eigenvalue weighted by Crippen LogP contribution is -2.44. The summed E-state index contributed by atoms with van der Waals surface area (Å²) in [6, 6.07) is 4.02. The first-order valence-electron chi connectivity index (χ1n) is 8.42. The van der Waals surface area contributed by atoms with Gasteiger partial charge in [0, 0.05) is 25.5 Å². The van der Waals surface area contributed by atoms with Gasteiger partial charge in [0.05, 0.1) is 12.4 Å². The van der Waals surface area contributed by atoms with E-state index in [1.165, 1.54) is 10.9 Å². The number of hydrogen-bond donors (Lipinski definition) is 0. The van der Waals surface area contributed by atoms with E-state index in [1.807, 2.05) is 17.5 Å². The van der Waals surface area contributed by atoms with Crippen LogP contribution in [-0.2, 0) is 25.4 Å². The Morgan fingerprint density at radius 2 is 2.15 bits per heavy atom. The number of fused-ring (bicyclic) bond motifs is 1. The third kappa shape index (κ3) is 2.50. The van der Waals surface area contributed by atoms with E-state index in [1.54, 1.807) is 34.9 Å². The molecule has 136 valence electrons. The van der Waals surface area contributed by atoms with Crippen LogP contribution in [0.15, 0.2) is 33.4 Å². The van der Waals surface area contributed by atoms with Crippen molar-refractivity contribution in [3.63, 3.8) is 0 Å². The number of likely N-dealkylation sites (tertiary alicyclic amines) is 1. The van der Waals surface area contributed by atoms with Crippen LogP contribution in [0, 0.1) is 0 Å². The summed E-state index contributed by atoms with van der Waals surface area (Å²) in [7, 11) is 3.25. The molecule has 1 aliphatic rings. The molecule has 1 saturated heterocycles. The molecule has 1 aliphatic heterocycles. The molecule has 0 N–H and O–H groups in total. The van der Waals surface area contributed by atoms with E-state index in [0.717, 1.165) is 22.3 Å². The predicted molar refractivity (Wildman–Crippen MR) is 98.2 cm³/mol. The van der Waals surface area contributed by atoms with Gasteiger partial charge in [-0.2, -0.15) is 0 Å². The lowest BCUT2D eigenvalue weighted by atomic mass is 10.2. The molecule has 4 heterocycles. The number of carbonyl (C=O) groups is 1. The first-order chi connectivity index (χ1) is 12.5. The molecule has 8 nitrogen and oxygen atoms in total. The van der Waals surface area contributed by atoms with Crippen LogP contribution in [0.3, 0.4) is 0 Å². The van der Waals surface area contributed by atoms with Gasteiger partial charge >= 0.3 is 5.69 Å². The van der Waals surface area contributed by atoms with Crippen molar-refractivity contribution in [2.45, 2.75) is 25.4 Å². The van der Waals surface area contributed by atoms with Crippen molar-refractivity contribution in [2.24, 2.45) is 14.1 Å². The molecule has 1 fully saturated rings. The Bertz CT molecular complexity index is 1090. The Balaban J connectivity index is 1.71. The van der Waals surface area contributed by atoms with E-state index in [-0.39, 0.29) is 18.5 Å². The van der Waals surface area contributed by atoms with Gasteiger partial charge in [0.25, 0.3) is 5.56 Å². The third-order valence-electron chi connectivity index (χ3n) is 4.94. The molecule has 0 saturated carbocycles. The Labute approximate surface area is 152 Å². The maximum absolute atomic E-state index is 12.9. The maximum atomic E-state index is 12.9. The molecule has 3 aromatic rings. The van der Waals surface area contributed by atoms with Crippen LogP contribution in [-0.4, -0.2) is 36.0 Å². The molecule has 0 aliphatic carbocycles. The number of aryl methyl sites for hydroxylation is 2. The highest BCUT2D eigenvalue weighted by Gasteiger charge is 2.31. The molecule has 0 radical (unpaired) electrons. The SMILES string of the molecule is Cn1cnc2c1c(=O)n(CC(=O)N1CCC[C@H]1c1cccs1)c(=O)n2C. The summed E-state index contributed by atoms with van der Waals surface area (Å²) in [5.74, 6) is -0.207. The van der Waals surface area contributed by atoms with Gasteiger partial charge in [0.2, 0.25) is 5.91 Å². The fourth-order valence-electron chi connectivity index (χ4n) is 3.60. The molecule has 0 bridgehead atoms. The number of aromatic nitrogens is 4. The smallest absolute Gasteiger partial charge is 0.332 e. The fraction of sp³-hybridized carbons (Fsp3) is 0.412. The van der Waals surface area contributed by atoms with E-state index in [2.05, 4.69) is 4.98 Å². The topological polar surface area (TPSA) is 82.1 Å². The zero-order valence-electron chi connectivity index (χ0n) is 14.6. The van der Waals surface area contributed by atoms with Crippen LogP contribution in [0.25, 0.3) is 11.2 Å². The second-order valence-corrected chi connectivity index (χ2v) is 7.50. The zero-order valence-corrected chi connectivity index (χ0v) is 15.4. The van der Waals surface area contributed by atoms with Gasteiger partial charge in [-0.15, -0.1) is 11.3 Å². The number of rotatable bonds is 3. The number of carbonyl (C=O) groups excluding carboxylic acids is 1. The minimum atomic E-state index is -0.526. The highest BCUT2D eigenvalue weighted by atomic mass is 32.1. The second kappa shape index (κ2) is 6.24. The number of nitrogens with zero attached hydrogens (tertiary/aromatic N) is 5. The molecule has 0 aromatic carbocycles. The van der Waals surface area contributed by atoms with Gasteiger partial charge < -0.3 is 9.47 Å². The van der Waals surface area contributed by atoms with Crippen molar-refractivity contribution in [3.8, 4) is 0 Å². The van der Waals surface area contributed by atoms with Crippen LogP contribution >= 0.6 is 11.3 Å². The van der Waals surface area contributed by atoms with Crippen molar-refractivity contribution in [1.29, 1.82) is 0 Å². The molecule has 26 heavy (non-hydrogen) atoms. The van der Waals surface area contributed by atoms with Gasteiger partial charge in [-0.05, 0) is 24.3 Å². The normalized spacial score (nSPS) is 17.3. The summed E-state index contributed by atoms with van der Waals surface area (Å²) >= 11 is 1.62. The van der Waals surface area contributed by atoms with E-state index >= 15 is 0 Å². The van der Waals surface area contributed by atoms with Gasteiger partial charge in [-0.25, -0.2) is 14.3 Å². The molecule has 0 unspecified atom stereocenters. The Kier molecular flexibility index (Phi) is 4.03. The first kappa shape index (κ1) is 16.8. The lowest BCUT2D eigenvalue weighted by Gasteiger charge is -2.24. The summed E-state index contributed by atoms with van der Waals surface area (Å²) in [6.07, 6.45) is 3.31. The zero-order chi connectivity index (χ0) is 18.4. The number of thiophene rings is 1. The average molecular weight is 373 g/mol.